The molecule has 1 heterocycles. The molecule has 0 spiro atoms. The molecule has 1 unspecified atom stereocenters. The predicted octanol–water partition coefficient (Wildman–Crippen LogP) is 3.93. The maximum absolute atomic E-state index is 13.9. The van der Waals surface area contributed by atoms with Crippen LogP contribution in [-0.4, -0.2) is 53.9 Å². The standard InChI is InChI=1S/C22H24ClFN2O3/c1-15-14-17(23)8-9-20(15)29-16(2)21(27)25-10-5-11-26(13-12-25)22(28)18-6-3-4-7-19(18)24/h3-4,6-9,14,16H,5,10-13H2,1-2H3. The Balaban J connectivity index is 1.61. The van der Waals surface area contributed by atoms with E-state index >= 15 is 0 Å². The van der Waals surface area contributed by atoms with Crippen LogP contribution in [0.15, 0.2) is 42.5 Å². The van der Waals surface area contributed by atoms with Crippen LogP contribution >= 0.6 is 11.6 Å². The highest BCUT2D eigenvalue weighted by Gasteiger charge is 2.27. The summed E-state index contributed by atoms with van der Waals surface area (Å²) in [6.45, 7) is 5.31. The minimum absolute atomic E-state index is 0.0576. The van der Waals surface area contributed by atoms with Gasteiger partial charge >= 0.3 is 0 Å². The van der Waals surface area contributed by atoms with E-state index in [2.05, 4.69) is 0 Å². The third-order valence-corrected chi connectivity index (χ3v) is 5.22. The zero-order valence-electron chi connectivity index (χ0n) is 16.5. The molecule has 5 nitrogen and oxygen atoms in total. The maximum atomic E-state index is 13.9. The number of hydrogen-bond donors (Lipinski definition) is 0. The molecule has 1 atom stereocenters. The van der Waals surface area contributed by atoms with Gasteiger partial charge in [0.1, 0.15) is 11.6 Å². The Hall–Kier alpha value is -2.60. The molecule has 1 aliphatic heterocycles. The lowest BCUT2D eigenvalue weighted by molar-refractivity contribution is -0.137. The number of halogens is 2. The minimum Gasteiger partial charge on any atom is -0.481 e. The quantitative estimate of drug-likeness (QED) is 0.755. The highest BCUT2D eigenvalue weighted by atomic mass is 35.5. The van der Waals surface area contributed by atoms with Crippen molar-refractivity contribution in [2.75, 3.05) is 26.2 Å². The van der Waals surface area contributed by atoms with Gasteiger partial charge in [-0.05, 0) is 56.2 Å². The van der Waals surface area contributed by atoms with Gasteiger partial charge < -0.3 is 14.5 Å². The second-order valence-corrected chi connectivity index (χ2v) is 7.56. The Bertz CT molecular complexity index is 905. The van der Waals surface area contributed by atoms with Crippen LogP contribution in [0.1, 0.15) is 29.3 Å². The van der Waals surface area contributed by atoms with E-state index in [4.69, 9.17) is 16.3 Å². The van der Waals surface area contributed by atoms with Crippen molar-refractivity contribution < 1.29 is 18.7 Å². The number of benzene rings is 2. The number of aryl methyl sites for hydroxylation is 1. The molecule has 0 aromatic heterocycles. The molecule has 1 aliphatic rings. The van der Waals surface area contributed by atoms with Crippen molar-refractivity contribution in [3.05, 3.63) is 64.4 Å². The van der Waals surface area contributed by atoms with Crippen LogP contribution in [-0.2, 0) is 4.79 Å². The largest absolute Gasteiger partial charge is 0.481 e. The Labute approximate surface area is 175 Å². The summed E-state index contributed by atoms with van der Waals surface area (Å²) in [5, 5.41) is 0.612. The van der Waals surface area contributed by atoms with Gasteiger partial charge in [0.05, 0.1) is 5.56 Å². The lowest BCUT2D eigenvalue weighted by Gasteiger charge is -2.25. The molecule has 0 saturated carbocycles. The Morgan fingerprint density at radius 3 is 2.48 bits per heavy atom. The number of rotatable bonds is 4. The van der Waals surface area contributed by atoms with Crippen molar-refractivity contribution in [1.82, 2.24) is 9.80 Å². The SMILES string of the molecule is Cc1cc(Cl)ccc1OC(C)C(=O)N1CCCN(C(=O)c2ccccc2F)CC1. The summed E-state index contributed by atoms with van der Waals surface area (Å²) < 4.78 is 19.8. The van der Waals surface area contributed by atoms with Gasteiger partial charge in [-0.15, -0.1) is 0 Å². The predicted molar refractivity (Wildman–Crippen MR) is 110 cm³/mol. The van der Waals surface area contributed by atoms with Gasteiger partial charge in [0.15, 0.2) is 6.10 Å². The van der Waals surface area contributed by atoms with Gasteiger partial charge in [0.2, 0.25) is 0 Å². The summed E-state index contributed by atoms with van der Waals surface area (Å²) in [6, 6.07) is 11.2. The van der Waals surface area contributed by atoms with Crippen LogP contribution in [0.4, 0.5) is 4.39 Å². The smallest absolute Gasteiger partial charge is 0.263 e. The van der Waals surface area contributed by atoms with Gasteiger partial charge in [-0.2, -0.15) is 0 Å². The number of amides is 2. The van der Waals surface area contributed by atoms with Crippen LogP contribution in [0, 0.1) is 12.7 Å². The second kappa shape index (κ2) is 9.27. The van der Waals surface area contributed by atoms with Crippen LogP contribution in [0.3, 0.4) is 0 Å². The molecule has 154 valence electrons. The number of carbonyl (C=O) groups excluding carboxylic acids is 2. The Kier molecular flexibility index (Phi) is 6.75. The number of carbonyl (C=O) groups is 2. The first kappa shape index (κ1) is 21.1. The maximum Gasteiger partial charge on any atom is 0.263 e. The van der Waals surface area contributed by atoms with Gasteiger partial charge in [-0.25, -0.2) is 4.39 Å². The topological polar surface area (TPSA) is 49.9 Å². The zero-order valence-corrected chi connectivity index (χ0v) is 17.3. The van der Waals surface area contributed by atoms with Crippen molar-refractivity contribution in [1.29, 1.82) is 0 Å². The number of ether oxygens (including phenoxy) is 1. The first-order valence-corrected chi connectivity index (χ1v) is 10.00. The van der Waals surface area contributed by atoms with Gasteiger partial charge in [0.25, 0.3) is 11.8 Å². The fraction of sp³-hybridized carbons (Fsp3) is 0.364. The van der Waals surface area contributed by atoms with Crippen molar-refractivity contribution in [3.8, 4) is 5.75 Å². The van der Waals surface area contributed by atoms with E-state index in [1.54, 1.807) is 47.1 Å². The molecule has 0 bridgehead atoms. The van der Waals surface area contributed by atoms with Crippen molar-refractivity contribution >= 4 is 23.4 Å². The minimum atomic E-state index is -0.663. The van der Waals surface area contributed by atoms with Crippen molar-refractivity contribution in [3.63, 3.8) is 0 Å². The summed E-state index contributed by atoms with van der Waals surface area (Å²) in [5.41, 5.74) is 0.914. The van der Waals surface area contributed by atoms with Crippen LogP contribution in [0.2, 0.25) is 5.02 Å². The van der Waals surface area contributed by atoms with E-state index in [1.807, 2.05) is 6.92 Å². The second-order valence-electron chi connectivity index (χ2n) is 7.12. The van der Waals surface area contributed by atoms with Crippen molar-refractivity contribution in [2.24, 2.45) is 0 Å². The van der Waals surface area contributed by atoms with E-state index in [9.17, 15) is 14.0 Å². The van der Waals surface area contributed by atoms with Crippen LogP contribution in [0.5, 0.6) is 5.75 Å². The highest BCUT2D eigenvalue weighted by Crippen LogP contribution is 2.23. The van der Waals surface area contributed by atoms with E-state index in [-0.39, 0.29) is 17.4 Å². The van der Waals surface area contributed by atoms with E-state index < -0.39 is 11.9 Å². The lowest BCUT2D eigenvalue weighted by Crippen LogP contribution is -2.43. The fourth-order valence-corrected chi connectivity index (χ4v) is 3.62. The van der Waals surface area contributed by atoms with Gasteiger partial charge in [0, 0.05) is 31.2 Å². The van der Waals surface area contributed by atoms with E-state index in [0.717, 1.165) is 5.56 Å². The van der Waals surface area contributed by atoms with Crippen LogP contribution in [0.25, 0.3) is 0 Å². The van der Waals surface area contributed by atoms with E-state index in [0.29, 0.717) is 43.4 Å². The molecular formula is C22H24ClFN2O3. The molecule has 1 fully saturated rings. The third kappa shape index (κ3) is 5.07. The molecule has 0 aliphatic carbocycles. The summed E-state index contributed by atoms with van der Waals surface area (Å²) in [5.74, 6) is -0.408. The summed E-state index contributed by atoms with van der Waals surface area (Å²) in [4.78, 5) is 28.8. The first-order chi connectivity index (χ1) is 13.9. The number of nitrogens with zero attached hydrogens (tertiary/aromatic N) is 2. The molecule has 2 amide bonds. The third-order valence-electron chi connectivity index (χ3n) is 4.99. The summed E-state index contributed by atoms with van der Waals surface area (Å²) >= 11 is 5.96. The normalized spacial score (nSPS) is 15.6. The van der Waals surface area contributed by atoms with Crippen molar-refractivity contribution in [2.45, 2.75) is 26.4 Å². The average Bonchev–Trinajstić information content (AvgIpc) is 2.95. The average molecular weight is 419 g/mol. The van der Waals surface area contributed by atoms with Gasteiger partial charge in [-0.1, -0.05) is 23.7 Å². The molecule has 2 aromatic rings. The molecule has 3 rings (SSSR count). The molecule has 7 heteroatoms. The van der Waals surface area contributed by atoms with Gasteiger partial charge in [-0.3, -0.25) is 9.59 Å². The van der Waals surface area contributed by atoms with E-state index in [1.165, 1.54) is 12.1 Å². The Morgan fingerprint density at radius 1 is 1.07 bits per heavy atom. The fourth-order valence-electron chi connectivity index (χ4n) is 3.39. The molecule has 1 saturated heterocycles. The lowest BCUT2D eigenvalue weighted by atomic mass is 10.2. The molecule has 29 heavy (non-hydrogen) atoms. The monoisotopic (exact) mass is 418 g/mol. The first-order valence-electron chi connectivity index (χ1n) is 9.62. The highest BCUT2D eigenvalue weighted by molar-refractivity contribution is 6.30. The summed E-state index contributed by atoms with van der Waals surface area (Å²) in [7, 11) is 0. The molecule has 2 aromatic carbocycles. The summed E-state index contributed by atoms with van der Waals surface area (Å²) in [6.07, 6.45) is -0.0396. The zero-order chi connectivity index (χ0) is 21.0. The molecular weight excluding hydrogens is 395 g/mol. The number of hydrogen-bond acceptors (Lipinski definition) is 3. The molecule has 0 radical (unpaired) electrons. The van der Waals surface area contributed by atoms with Crippen LogP contribution < -0.4 is 4.74 Å². The Morgan fingerprint density at radius 2 is 1.76 bits per heavy atom. The molecule has 0 N–H and O–H groups in total.